The van der Waals surface area contributed by atoms with E-state index >= 15 is 0 Å². The lowest BCUT2D eigenvalue weighted by Gasteiger charge is -2.10. The van der Waals surface area contributed by atoms with Crippen molar-refractivity contribution in [2.45, 2.75) is 26.7 Å². The Hall–Kier alpha value is -2.55. The average Bonchev–Trinajstić information content (AvgIpc) is 2.49. The maximum Gasteiger partial charge on any atom is 0.338 e. The van der Waals surface area contributed by atoms with Gasteiger partial charge in [-0.1, -0.05) is 32.6 Å². The van der Waals surface area contributed by atoms with Crippen LogP contribution in [0, 0.1) is 0 Å². The van der Waals surface area contributed by atoms with Crippen LogP contribution in [0.1, 0.15) is 32.3 Å². The number of carbonyl (C=O) groups is 1. The van der Waals surface area contributed by atoms with Gasteiger partial charge in [0.15, 0.2) is 0 Å². The topological polar surface area (TPSA) is 38.3 Å². The molecule has 3 nitrogen and oxygen atoms in total. The molecule has 22 heavy (non-hydrogen) atoms. The molecule has 0 unspecified atom stereocenters. The lowest BCUT2D eigenvalue weighted by atomic mass is 10.0. The summed E-state index contributed by atoms with van der Waals surface area (Å²) in [5.74, 6) is 0.620. The Morgan fingerprint density at radius 2 is 1.50 bits per heavy atom. The lowest BCUT2D eigenvalue weighted by Crippen LogP contribution is -2.07. The van der Waals surface area contributed by atoms with Crippen molar-refractivity contribution in [1.82, 2.24) is 0 Å². The van der Waals surface area contributed by atoms with Crippen LogP contribution >= 0.6 is 0 Å². The summed E-state index contributed by atoms with van der Waals surface area (Å²) in [6.45, 7) is 9.53. The summed E-state index contributed by atoms with van der Waals surface area (Å²) < 4.78 is 5.16. The monoisotopic (exact) mass is 295 g/mol. The summed E-state index contributed by atoms with van der Waals surface area (Å²) in [6, 6.07) is 15.6. The van der Waals surface area contributed by atoms with E-state index in [4.69, 9.17) is 4.74 Å². The quantitative estimate of drug-likeness (QED) is 0.477. The number of anilines is 2. The smallest absolute Gasteiger partial charge is 0.338 e. The average molecular weight is 295 g/mol. The molecule has 0 fully saturated rings. The van der Waals surface area contributed by atoms with Crippen LogP contribution in [0.25, 0.3) is 0 Å². The van der Waals surface area contributed by atoms with Gasteiger partial charge in [-0.3, -0.25) is 0 Å². The summed E-state index contributed by atoms with van der Waals surface area (Å²) in [5, 5.41) is 3.32. The molecule has 0 amide bonds. The zero-order valence-corrected chi connectivity index (χ0v) is 13.2. The molecular weight excluding hydrogens is 274 g/mol. The predicted molar refractivity (Wildman–Crippen MR) is 90.7 cm³/mol. The molecule has 0 heterocycles. The molecule has 2 rings (SSSR count). The number of ether oxygens (including phenoxy) is 1. The molecule has 0 aliphatic heterocycles. The zero-order chi connectivity index (χ0) is 16.1. The van der Waals surface area contributed by atoms with Crippen molar-refractivity contribution < 1.29 is 9.53 Å². The first-order valence-corrected chi connectivity index (χ1v) is 7.30. The number of hydrogen-bond acceptors (Lipinski definition) is 3. The fourth-order valence-electron chi connectivity index (χ4n) is 1.92. The van der Waals surface area contributed by atoms with Crippen molar-refractivity contribution in [3.05, 3.63) is 66.2 Å². The Morgan fingerprint density at radius 1 is 1.00 bits per heavy atom. The molecule has 1 N–H and O–H groups in total. The minimum atomic E-state index is -0.412. The van der Waals surface area contributed by atoms with Gasteiger partial charge < -0.3 is 10.1 Å². The Labute approximate surface area is 131 Å². The second kappa shape index (κ2) is 6.94. The van der Waals surface area contributed by atoms with E-state index in [0.29, 0.717) is 17.2 Å². The number of carbonyl (C=O) groups excluding carboxylic acids is 1. The van der Waals surface area contributed by atoms with Crippen LogP contribution in [0.4, 0.5) is 11.4 Å². The van der Waals surface area contributed by atoms with Gasteiger partial charge in [-0.15, -0.1) is 0 Å². The van der Waals surface area contributed by atoms with Crippen LogP contribution < -0.4 is 10.1 Å². The zero-order valence-electron chi connectivity index (χ0n) is 13.2. The molecule has 0 radical (unpaired) electrons. The second-order valence-corrected chi connectivity index (χ2v) is 5.60. The van der Waals surface area contributed by atoms with E-state index in [-0.39, 0.29) is 0 Å². The van der Waals surface area contributed by atoms with Gasteiger partial charge in [-0.2, -0.15) is 0 Å². The van der Waals surface area contributed by atoms with Crippen LogP contribution in [0.5, 0.6) is 5.75 Å². The summed E-state index contributed by atoms with van der Waals surface area (Å²) in [4.78, 5) is 11.4. The Bertz CT molecular complexity index is 655. The minimum Gasteiger partial charge on any atom is -0.423 e. The SMILES string of the molecule is C=C(C)C(=O)Oc1ccc(Nc2ccc(C(C)C)cc2)cc1. The number of benzene rings is 2. The van der Waals surface area contributed by atoms with Crippen LogP contribution in [0.3, 0.4) is 0 Å². The molecule has 2 aromatic rings. The largest absolute Gasteiger partial charge is 0.423 e. The highest BCUT2D eigenvalue weighted by Gasteiger charge is 2.05. The van der Waals surface area contributed by atoms with Gasteiger partial charge in [-0.25, -0.2) is 4.79 Å². The third-order valence-corrected chi connectivity index (χ3v) is 3.28. The van der Waals surface area contributed by atoms with Crippen molar-refractivity contribution in [2.75, 3.05) is 5.32 Å². The Kier molecular flexibility index (Phi) is 4.99. The van der Waals surface area contributed by atoms with Gasteiger partial charge in [0.25, 0.3) is 0 Å². The van der Waals surface area contributed by atoms with Gasteiger partial charge in [0.2, 0.25) is 0 Å². The summed E-state index contributed by atoms with van der Waals surface area (Å²) in [7, 11) is 0. The van der Waals surface area contributed by atoms with Gasteiger partial charge >= 0.3 is 5.97 Å². The van der Waals surface area contributed by atoms with Crippen molar-refractivity contribution in [3.8, 4) is 5.75 Å². The van der Waals surface area contributed by atoms with Crippen LogP contribution in [0.15, 0.2) is 60.7 Å². The molecule has 0 aliphatic carbocycles. The fraction of sp³-hybridized carbons (Fsp3) is 0.211. The molecule has 0 aliphatic rings. The standard InChI is InChI=1S/C19H21NO2/c1-13(2)15-5-7-16(8-6-15)20-17-9-11-18(12-10-17)22-19(21)14(3)4/h5-13,20H,3H2,1-2,4H3. The Morgan fingerprint density at radius 3 is 1.95 bits per heavy atom. The number of nitrogens with one attached hydrogen (secondary N) is 1. The molecule has 0 aromatic heterocycles. The van der Waals surface area contributed by atoms with Crippen LogP contribution in [-0.4, -0.2) is 5.97 Å². The maximum absolute atomic E-state index is 11.4. The maximum atomic E-state index is 11.4. The molecule has 3 heteroatoms. The van der Waals surface area contributed by atoms with E-state index < -0.39 is 5.97 Å². The van der Waals surface area contributed by atoms with Gasteiger partial charge in [0.1, 0.15) is 5.75 Å². The first-order valence-electron chi connectivity index (χ1n) is 7.30. The van der Waals surface area contributed by atoms with Gasteiger partial charge in [0.05, 0.1) is 0 Å². The molecule has 0 spiro atoms. The Balaban J connectivity index is 2.01. The van der Waals surface area contributed by atoms with E-state index in [1.165, 1.54) is 5.56 Å². The first-order chi connectivity index (χ1) is 10.5. The van der Waals surface area contributed by atoms with Crippen molar-refractivity contribution in [3.63, 3.8) is 0 Å². The van der Waals surface area contributed by atoms with E-state index in [0.717, 1.165) is 11.4 Å². The summed E-state index contributed by atoms with van der Waals surface area (Å²) in [5.41, 5.74) is 3.66. The van der Waals surface area contributed by atoms with E-state index in [9.17, 15) is 4.79 Å². The highest BCUT2D eigenvalue weighted by molar-refractivity contribution is 5.88. The minimum absolute atomic E-state index is 0.382. The molecule has 0 saturated heterocycles. The van der Waals surface area contributed by atoms with Crippen LogP contribution in [0.2, 0.25) is 0 Å². The highest BCUT2D eigenvalue weighted by atomic mass is 16.5. The third-order valence-electron chi connectivity index (χ3n) is 3.28. The van der Waals surface area contributed by atoms with E-state index in [2.05, 4.69) is 50.0 Å². The number of esters is 1. The van der Waals surface area contributed by atoms with Crippen molar-refractivity contribution in [1.29, 1.82) is 0 Å². The van der Waals surface area contributed by atoms with Crippen molar-refractivity contribution in [2.24, 2.45) is 0 Å². The molecular formula is C19H21NO2. The first kappa shape index (κ1) is 15.8. The van der Waals surface area contributed by atoms with Crippen LogP contribution in [-0.2, 0) is 4.79 Å². The van der Waals surface area contributed by atoms with E-state index in [1.54, 1.807) is 19.1 Å². The third kappa shape index (κ3) is 4.22. The molecule has 0 bridgehead atoms. The van der Waals surface area contributed by atoms with Gasteiger partial charge in [0, 0.05) is 16.9 Å². The molecule has 0 saturated carbocycles. The highest BCUT2D eigenvalue weighted by Crippen LogP contribution is 2.22. The summed E-state index contributed by atoms with van der Waals surface area (Å²) >= 11 is 0. The number of rotatable bonds is 5. The molecule has 2 aromatic carbocycles. The molecule has 114 valence electrons. The molecule has 0 atom stereocenters. The van der Waals surface area contributed by atoms with Gasteiger partial charge in [-0.05, 0) is 54.8 Å². The second-order valence-electron chi connectivity index (χ2n) is 5.60. The van der Waals surface area contributed by atoms with Crippen molar-refractivity contribution >= 4 is 17.3 Å². The lowest BCUT2D eigenvalue weighted by molar-refractivity contribution is -0.130. The number of hydrogen-bond donors (Lipinski definition) is 1. The fourth-order valence-corrected chi connectivity index (χ4v) is 1.92. The van der Waals surface area contributed by atoms with E-state index in [1.807, 2.05) is 12.1 Å². The summed E-state index contributed by atoms with van der Waals surface area (Å²) in [6.07, 6.45) is 0. The normalized spacial score (nSPS) is 10.4. The predicted octanol–water partition coefficient (Wildman–Crippen LogP) is 5.04.